The molecule has 0 aliphatic carbocycles. The molecule has 1 saturated heterocycles. The van der Waals surface area contributed by atoms with E-state index in [2.05, 4.69) is 29.7 Å². The number of nitrogens with one attached hydrogen (secondary N) is 1. The zero-order valence-corrected chi connectivity index (χ0v) is 10.9. The van der Waals surface area contributed by atoms with Crippen LogP contribution in [0.4, 0.5) is 0 Å². The van der Waals surface area contributed by atoms with E-state index in [0.29, 0.717) is 18.0 Å². The summed E-state index contributed by atoms with van der Waals surface area (Å²) in [5.74, 6) is 3.94. The number of likely N-dealkylation sites (tertiary alicyclic amines) is 1. The lowest BCUT2D eigenvalue weighted by molar-refractivity contribution is -0.133. The molecule has 0 saturated carbocycles. The van der Waals surface area contributed by atoms with Crippen LogP contribution in [0.3, 0.4) is 0 Å². The molecule has 1 aliphatic heterocycles. The van der Waals surface area contributed by atoms with Crippen LogP contribution in [-0.4, -0.2) is 27.3 Å². The molecule has 1 amide bonds. The van der Waals surface area contributed by atoms with Crippen molar-refractivity contribution in [3.05, 3.63) is 17.7 Å². The Hall–Kier alpha value is -1.76. The minimum atomic E-state index is 0.0679. The SMILES string of the molecule is C#Cc1cnc(C2CCCN2C(=O)CC(C)C)[nH]1. The number of carbonyl (C=O) groups excluding carboxylic acids is 1. The van der Waals surface area contributed by atoms with E-state index in [1.54, 1.807) is 6.20 Å². The molecule has 0 bridgehead atoms. The maximum Gasteiger partial charge on any atom is 0.223 e. The number of nitrogens with zero attached hydrogens (tertiary/aromatic N) is 2. The predicted molar refractivity (Wildman–Crippen MR) is 69.7 cm³/mol. The minimum Gasteiger partial charge on any atom is -0.334 e. The lowest BCUT2D eigenvalue weighted by Crippen LogP contribution is -2.31. The van der Waals surface area contributed by atoms with Gasteiger partial charge in [0.1, 0.15) is 11.5 Å². The molecule has 18 heavy (non-hydrogen) atoms. The van der Waals surface area contributed by atoms with Gasteiger partial charge in [-0.2, -0.15) is 0 Å². The van der Waals surface area contributed by atoms with E-state index >= 15 is 0 Å². The summed E-state index contributed by atoms with van der Waals surface area (Å²) in [6, 6.07) is 0.0679. The third-order valence-electron chi connectivity index (χ3n) is 3.22. The molecule has 1 atom stereocenters. The molecule has 0 radical (unpaired) electrons. The first-order valence-electron chi connectivity index (χ1n) is 6.42. The van der Waals surface area contributed by atoms with Crippen LogP contribution in [0.5, 0.6) is 0 Å². The molecule has 2 heterocycles. The van der Waals surface area contributed by atoms with Crippen LogP contribution in [0.25, 0.3) is 0 Å². The molecule has 1 aromatic rings. The lowest BCUT2D eigenvalue weighted by Gasteiger charge is -2.24. The highest BCUT2D eigenvalue weighted by Crippen LogP contribution is 2.31. The van der Waals surface area contributed by atoms with Gasteiger partial charge < -0.3 is 9.88 Å². The summed E-state index contributed by atoms with van der Waals surface area (Å²) in [5.41, 5.74) is 0.674. The monoisotopic (exact) mass is 245 g/mol. The van der Waals surface area contributed by atoms with Crippen LogP contribution in [0, 0.1) is 18.3 Å². The van der Waals surface area contributed by atoms with Crippen molar-refractivity contribution in [1.29, 1.82) is 0 Å². The number of carbonyl (C=O) groups is 1. The highest BCUT2D eigenvalue weighted by molar-refractivity contribution is 5.77. The first kappa shape index (κ1) is 12.7. The van der Waals surface area contributed by atoms with Crippen molar-refractivity contribution >= 4 is 5.91 Å². The molecule has 96 valence electrons. The molecule has 1 unspecified atom stereocenters. The number of aromatic nitrogens is 2. The van der Waals surface area contributed by atoms with Crippen LogP contribution in [0.15, 0.2) is 6.20 Å². The number of imidazole rings is 1. The smallest absolute Gasteiger partial charge is 0.223 e. The van der Waals surface area contributed by atoms with Crippen molar-refractivity contribution in [2.24, 2.45) is 5.92 Å². The van der Waals surface area contributed by atoms with E-state index in [9.17, 15) is 4.79 Å². The van der Waals surface area contributed by atoms with Gasteiger partial charge in [0.05, 0.1) is 12.2 Å². The number of hydrogen-bond acceptors (Lipinski definition) is 2. The average molecular weight is 245 g/mol. The van der Waals surface area contributed by atoms with Crippen molar-refractivity contribution in [2.75, 3.05) is 6.54 Å². The largest absolute Gasteiger partial charge is 0.334 e. The van der Waals surface area contributed by atoms with Crippen LogP contribution in [-0.2, 0) is 4.79 Å². The fourth-order valence-corrected chi connectivity index (χ4v) is 2.40. The van der Waals surface area contributed by atoms with E-state index in [4.69, 9.17) is 6.42 Å². The normalized spacial score (nSPS) is 19.2. The third-order valence-corrected chi connectivity index (χ3v) is 3.22. The summed E-state index contributed by atoms with van der Waals surface area (Å²) < 4.78 is 0. The number of aromatic amines is 1. The summed E-state index contributed by atoms with van der Waals surface area (Å²) in [5, 5.41) is 0. The number of rotatable bonds is 3. The second kappa shape index (κ2) is 5.26. The van der Waals surface area contributed by atoms with Crippen molar-refractivity contribution in [3.8, 4) is 12.3 Å². The molecule has 1 aromatic heterocycles. The fourth-order valence-electron chi connectivity index (χ4n) is 2.40. The van der Waals surface area contributed by atoms with Gasteiger partial charge in [0, 0.05) is 13.0 Å². The Morgan fingerprint density at radius 2 is 2.50 bits per heavy atom. The van der Waals surface area contributed by atoms with E-state index in [0.717, 1.165) is 25.2 Å². The Kier molecular flexibility index (Phi) is 3.71. The number of terminal acetylenes is 1. The van der Waals surface area contributed by atoms with Crippen molar-refractivity contribution in [2.45, 2.75) is 39.2 Å². The highest BCUT2D eigenvalue weighted by atomic mass is 16.2. The van der Waals surface area contributed by atoms with Gasteiger partial charge in [0.25, 0.3) is 0 Å². The van der Waals surface area contributed by atoms with Gasteiger partial charge in [-0.1, -0.05) is 19.8 Å². The van der Waals surface area contributed by atoms with Crippen LogP contribution in [0.2, 0.25) is 0 Å². The Morgan fingerprint density at radius 3 is 3.11 bits per heavy atom. The predicted octanol–water partition coefficient (Wildman–Crippen LogP) is 2.10. The second-order valence-corrected chi connectivity index (χ2v) is 5.17. The Morgan fingerprint density at radius 1 is 1.72 bits per heavy atom. The summed E-state index contributed by atoms with van der Waals surface area (Å²) in [6.07, 6.45) is 9.56. The quantitative estimate of drug-likeness (QED) is 0.829. The van der Waals surface area contributed by atoms with Gasteiger partial charge in [0.15, 0.2) is 0 Å². The summed E-state index contributed by atoms with van der Waals surface area (Å²) in [4.78, 5) is 21.5. The maximum absolute atomic E-state index is 12.2. The average Bonchev–Trinajstić information content (AvgIpc) is 2.96. The van der Waals surface area contributed by atoms with Gasteiger partial charge in [-0.3, -0.25) is 4.79 Å². The molecule has 2 rings (SSSR count). The summed E-state index contributed by atoms with van der Waals surface area (Å²) in [6.45, 7) is 4.95. The topological polar surface area (TPSA) is 49.0 Å². The standard InChI is InChI=1S/C14H19N3O/c1-4-11-9-15-14(16-11)12-6-5-7-17(12)13(18)8-10(2)3/h1,9-10,12H,5-8H2,2-3H3,(H,15,16). The first-order valence-corrected chi connectivity index (χ1v) is 6.42. The van der Waals surface area contributed by atoms with Gasteiger partial charge in [-0.25, -0.2) is 4.98 Å². The Bertz CT molecular complexity index is 470. The molecule has 0 spiro atoms. The van der Waals surface area contributed by atoms with Crippen LogP contribution < -0.4 is 0 Å². The first-order chi connectivity index (χ1) is 8.61. The maximum atomic E-state index is 12.2. The number of amides is 1. The molecule has 1 N–H and O–H groups in total. The highest BCUT2D eigenvalue weighted by Gasteiger charge is 2.31. The van der Waals surface area contributed by atoms with Crippen molar-refractivity contribution < 1.29 is 4.79 Å². The van der Waals surface area contributed by atoms with E-state index < -0.39 is 0 Å². The minimum absolute atomic E-state index is 0.0679. The van der Waals surface area contributed by atoms with Gasteiger partial charge in [-0.15, -0.1) is 6.42 Å². The zero-order chi connectivity index (χ0) is 13.1. The van der Waals surface area contributed by atoms with Crippen LogP contribution >= 0.6 is 0 Å². The van der Waals surface area contributed by atoms with Crippen molar-refractivity contribution in [3.63, 3.8) is 0 Å². The van der Waals surface area contributed by atoms with Crippen LogP contribution in [0.1, 0.15) is 50.7 Å². The number of H-pyrrole nitrogens is 1. The molecular formula is C14H19N3O. The fraction of sp³-hybridized carbons (Fsp3) is 0.571. The van der Waals surface area contributed by atoms with E-state index in [-0.39, 0.29) is 11.9 Å². The Labute approximate surface area is 108 Å². The number of hydrogen-bond donors (Lipinski definition) is 1. The molecule has 0 aromatic carbocycles. The summed E-state index contributed by atoms with van der Waals surface area (Å²) in [7, 11) is 0. The van der Waals surface area contributed by atoms with E-state index in [1.807, 2.05) is 4.90 Å². The van der Waals surface area contributed by atoms with Gasteiger partial charge in [-0.05, 0) is 18.8 Å². The molecular weight excluding hydrogens is 226 g/mol. The summed E-state index contributed by atoms with van der Waals surface area (Å²) >= 11 is 0. The zero-order valence-electron chi connectivity index (χ0n) is 10.9. The van der Waals surface area contributed by atoms with Gasteiger partial charge in [0.2, 0.25) is 5.91 Å². The van der Waals surface area contributed by atoms with E-state index in [1.165, 1.54) is 0 Å². The third kappa shape index (κ3) is 2.56. The molecule has 1 fully saturated rings. The Balaban J connectivity index is 2.12. The second-order valence-electron chi connectivity index (χ2n) is 5.17. The lowest BCUT2D eigenvalue weighted by atomic mass is 10.1. The van der Waals surface area contributed by atoms with Crippen molar-refractivity contribution in [1.82, 2.24) is 14.9 Å². The molecule has 1 aliphatic rings. The van der Waals surface area contributed by atoms with Gasteiger partial charge >= 0.3 is 0 Å². The molecule has 4 heteroatoms. The molecule has 4 nitrogen and oxygen atoms in total.